The zero-order valence-corrected chi connectivity index (χ0v) is 12.5. The Hall–Kier alpha value is -0.880. The van der Waals surface area contributed by atoms with Crippen LogP contribution in [-0.4, -0.2) is 56.2 Å². The van der Waals surface area contributed by atoms with Crippen LogP contribution in [0.2, 0.25) is 10.2 Å². The van der Waals surface area contributed by atoms with Gasteiger partial charge in [-0.05, 0) is 19.2 Å². The molecule has 0 spiro atoms. The minimum absolute atomic E-state index is 0.147. The number of halogens is 2. The summed E-state index contributed by atoms with van der Waals surface area (Å²) < 4.78 is 4.97. The molecule has 1 aromatic rings. The molecule has 0 aliphatic rings. The van der Waals surface area contributed by atoms with Crippen molar-refractivity contribution in [2.75, 3.05) is 40.4 Å². The maximum absolute atomic E-state index is 11.9. The summed E-state index contributed by atoms with van der Waals surface area (Å²) in [6.45, 7) is 2.69. The van der Waals surface area contributed by atoms with Gasteiger partial charge in [-0.15, -0.1) is 0 Å². The van der Waals surface area contributed by atoms with Gasteiger partial charge < -0.3 is 15.0 Å². The molecule has 0 bridgehead atoms. The molecule has 0 aromatic carbocycles. The smallest absolute Gasteiger partial charge is 0.271 e. The van der Waals surface area contributed by atoms with Gasteiger partial charge in [0.05, 0.1) is 11.6 Å². The SMILES string of the molecule is COCCN(C)CCNC(=O)c1nc(Cl)ccc1Cl. The molecule has 106 valence electrons. The Morgan fingerprint density at radius 2 is 2.16 bits per heavy atom. The number of aromatic nitrogens is 1. The van der Waals surface area contributed by atoms with Crippen molar-refractivity contribution in [1.82, 2.24) is 15.2 Å². The van der Waals surface area contributed by atoms with Gasteiger partial charge in [-0.2, -0.15) is 0 Å². The van der Waals surface area contributed by atoms with Crippen LogP contribution in [-0.2, 0) is 4.74 Å². The van der Waals surface area contributed by atoms with Gasteiger partial charge in [0.1, 0.15) is 10.8 Å². The van der Waals surface area contributed by atoms with Crippen molar-refractivity contribution in [3.05, 3.63) is 28.0 Å². The number of rotatable bonds is 7. The molecule has 1 N–H and O–H groups in total. The summed E-state index contributed by atoms with van der Waals surface area (Å²) in [6, 6.07) is 3.09. The Morgan fingerprint density at radius 3 is 2.84 bits per heavy atom. The van der Waals surface area contributed by atoms with E-state index in [1.165, 1.54) is 0 Å². The number of ether oxygens (including phenoxy) is 1. The van der Waals surface area contributed by atoms with E-state index >= 15 is 0 Å². The van der Waals surface area contributed by atoms with Crippen molar-refractivity contribution in [2.45, 2.75) is 0 Å². The molecule has 0 aliphatic carbocycles. The van der Waals surface area contributed by atoms with Crippen LogP contribution >= 0.6 is 23.2 Å². The van der Waals surface area contributed by atoms with Crippen LogP contribution in [0.5, 0.6) is 0 Å². The minimum atomic E-state index is -0.326. The molecule has 0 saturated carbocycles. The highest BCUT2D eigenvalue weighted by molar-refractivity contribution is 6.34. The number of nitrogens with zero attached hydrogens (tertiary/aromatic N) is 2. The van der Waals surface area contributed by atoms with E-state index in [0.717, 1.165) is 6.54 Å². The molecule has 0 fully saturated rings. The van der Waals surface area contributed by atoms with Crippen LogP contribution in [0.1, 0.15) is 10.5 Å². The van der Waals surface area contributed by atoms with Crippen LogP contribution in [0.3, 0.4) is 0 Å². The maximum Gasteiger partial charge on any atom is 0.271 e. The summed E-state index contributed by atoms with van der Waals surface area (Å²) in [5.74, 6) is -0.326. The van der Waals surface area contributed by atoms with Crippen LogP contribution in [0.25, 0.3) is 0 Å². The molecule has 5 nitrogen and oxygen atoms in total. The Balaban J connectivity index is 2.41. The maximum atomic E-state index is 11.9. The van der Waals surface area contributed by atoms with Gasteiger partial charge in [-0.25, -0.2) is 4.98 Å². The molecule has 0 aliphatic heterocycles. The van der Waals surface area contributed by atoms with Gasteiger partial charge in [-0.3, -0.25) is 4.79 Å². The predicted octanol–water partition coefficient (Wildman–Crippen LogP) is 1.70. The summed E-state index contributed by atoms with van der Waals surface area (Å²) in [5.41, 5.74) is 0.147. The number of methoxy groups -OCH3 is 1. The number of hydrogen-bond donors (Lipinski definition) is 1. The number of amides is 1. The topological polar surface area (TPSA) is 54.5 Å². The molecular weight excluding hydrogens is 289 g/mol. The van der Waals surface area contributed by atoms with E-state index in [1.54, 1.807) is 19.2 Å². The molecule has 1 aromatic heterocycles. The standard InChI is InChI=1S/C12H17Cl2N3O2/c1-17(7-8-19-2)6-5-15-12(18)11-9(13)3-4-10(14)16-11/h3-4H,5-8H2,1-2H3,(H,15,18). The summed E-state index contributed by atoms with van der Waals surface area (Å²) in [4.78, 5) is 17.8. The van der Waals surface area contributed by atoms with E-state index in [-0.39, 0.29) is 21.8 Å². The third kappa shape index (κ3) is 5.74. The highest BCUT2D eigenvalue weighted by Crippen LogP contribution is 2.16. The fourth-order valence-electron chi connectivity index (χ4n) is 1.38. The van der Waals surface area contributed by atoms with Crippen molar-refractivity contribution in [1.29, 1.82) is 0 Å². The molecule has 1 heterocycles. The molecule has 7 heteroatoms. The first-order chi connectivity index (χ1) is 9.04. The average molecular weight is 306 g/mol. The normalized spacial score (nSPS) is 10.8. The molecule has 1 amide bonds. The van der Waals surface area contributed by atoms with Crippen molar-refractivity contribution in [2.24, 2.45) is 0 Å². The Morgan fingerprint density at radius 1 is 1.42 bits per heavy atom. The fourth-order valence-corrected chi connectivity index (χ4v) is 1.72. The van der Waals surface area contributed by atoms with Crippen LogP contribution in [0.15, 0.2) is 12.1 Å². The predicted molar refractivity (Wildman–Crippen MR) is 76.0 cm³/mol. The molecule has 0 unspecified atom stereocenters. The van der Waals surface area contributed by atoms with Gasteiger partial charge in [0.15, 0.2) is 0 Å². The minimum Gasteiger partial charge on any atom is -0.383 e. The van der Waals surface area contributed by atoms with Gasteiger partial charge >= 0.3 is 0 Å². The van der Waals surface area contributed by atoms with E-state index in [1.807, 2.05) is 7.05 Å². The van der Waals surface area contributed by atoms with Crippen molar-refractivity contribution < 1.29 is 9.53 Å². The van der Waals surface area contributed by atoms with Crippen molar-refractivity contribution >= 4 is 29.1 Å². The lowest BCUT2D eigenvalue weighted by atomic mass is 10.3. The number of pyridine rings is 1. The Bertz CT molecular complexity index is 429. The van der Waals surface area contributed by atoms with E-state index in [2.05, 4.69) is 15.2 Å². The Kier molecular flexibility index (Phi) is 7.09. The number of hydrogen-bond acceptors (Lipinski definition) is 4. The van der Waals surface area contributed by atoms with Gasteiger partial charge in [-0.1, -0.05) is 23.2 Å². The second-order valence-corrected chi connectivity index (χ2v) is 4.81. The molecule has 19 heavy (non-hydrogen) atoms. The summed E-state index contributed by atoms with van der Waals surface area (Å²) in [5, 5.41) is 3.28. The van der Waals surface area contributed by atoms with Crippen molar-refractivity contribution in [3.63, 3.8) is 0 Å². The van der Waals surface area contributed by atoms with Crippen molar-refractivity contribution in [3.8, 4) is 0 Å². The third-order valence-electron chi connectivity index (χ3n) is 2.48. The lowest BCUT2D eigenvalue weighted by molar-refractivity contribution is 0.0942. The molecule has 0 atom stereocenters. The molecule has 1 rings (SSSR count). The lowest BCUT2D eigenvalue weighted by Crippen LogP contribution is -2.34. The number of carbonyl (C=O) groups is 1. The first kappa shape index (κ1) is 16.2. The monoisotopic (exact) mass is 305 g/mol. The zero-order chi connectivity index (χ0) is 14.3. The Labute approximate surface area is 122 Å². The quantitative estimate of drug-likeness (QED) is 0.779. The van der Waals surface area contributed by atoms with E-state index in [0.29, 0.717) is 19.7 Å². The summed E-state index contributed by atoms with van der Waals surface area (Å²) >= 11 is 11.6. The van der Waals surface area contributed by atoms with E-state index in [4.69, 9.17) is 27.9 Å². The van der Waals surface area contributed by atoms with Crippen LogP contribution in [0.4, 0.5) is 0 Å². The largest absolute Gasteiger partial charge is 0.383 e. The second-order valence-electron chi connectivity index (χ2n) is 4.02. The zero-order valence-electron chi connectivity index (χ0n) is 10.9. The number of likely N-dealkylation sites (N-methyl/N-ethyl adjacent to an activating group) is 1. The molecular formula is C12H17Cl2N3O2. The second kappa shape index (κ2) is 8.32. The highest BCUT2D eigenvalue weighted by Gasteiger charge is 2.12. The third-order valence-corrected chi connectivity index (χ3v) is 3.00. The van der Waals surface area contributed by atoms with Gasteiger partial charge in [0.25, 0.3) is 5.91 Å². The highest BCUT2D eigenvalue weighted by atomic mass is 35.5. The van der Waals surface area contributed by atoms with Crippen LogP contribution < -0.4 is 5.32 Å². The van der Waals surface area contributed by atoms with E-state index in [9.17, 15) is 4.79 Å². The van der Waals surface area contributed by atoms with Gasteiger partial charge in [0.2, 0.25) is 0 Å². The number of nitrogens with one attached hydrogen (secondary N) is 1. The van der Waals surface area contributed by atoms with E-state index < -0.39 is 0 Å². The lowest BCUT2D eigenvalue weighted by Gasteiger charge is -2.16. The molecule has 0 radical (unpaired) electrons. The summed E-state index contributed by atoms with van der Waals surface area (Å²) in [6.07, 6.45) is 0. The molecule has 0 saturated heterocycles. The van der Waals surface area contributed by atoms with Crippen LogP contribution in [0, 0.1) is 0 Å². The fraction of sp³-hybridized carbons (Fsp3) is 0.500. The first-order valence-corrected chi connectivity index (χ1v) is 6.58. The first-order valence-electron chi connectivity index (χ1n) is 5.82. The number of carbonyl (C=O) groups excluding carboxylic acids is 1. The average Bonchev–Trinajstić information content (AvgIpc) is 2.39. The summed E-state index contributed by atoms with van der Waals surface area (Å²) in [7, 11) is 3.61. The van der Waals surface area contributed by atoms with Gasteiger partial charge in [0, 0.05) is 26.7 Å².